The van der Waals surface area contributed by atoms with Crippen LogP contribution >= 0.6 is 0 Å². The van der Waals surface area contributed by atoms with E-state index in [4.69, 9.17) is 0 Å². The zero-order valence-corrected chi connectivity index (χ0v) is 8.76. The smallest absolute Gasteiger partial charge is 0.0692 e. The molecule has 0 bridgehead atoms. The summed E-state index contributed by atoms with van der Waals surface area (Å²) in [7, 11) is 0. The van der Waals surface area contributed by atoms with Crippen LogP contribution in [0.15, 0.2) is 12.4 Å². The Balaban J connectivity index is 1.71. The average Bonchev–Trinajstić information content (AvgIpc) is 2.70. The largest absolute Gasteiger partial charge is 0.301 e. The summed E-state index contributed by atoms with van der Waals surface area (Å²) in [6.45, 7) is 6.91. The summed E-state index contributed by atoms with van der Waals surface area (Å²) in [5.41, 5.74) is 0. The van der Waals surface area contributed by atoms with E-state index in [-0.39, 0.29) is 0 Å². The minimum absolute atomic E-state index is 0.914. The van der Waals surface area contributed by atoms with Crippen molar-refractivity contribution in [2.45, 2.75) is 26.3 Å². The zero-order valence-electron chi connectivity index (χ0n) is 8.76. The fourth-order valence-electron chi connectivity index (χ4n) is 1.88. The first-order valence-corrected chi connectivity index (χ1v) is 5.41. The predicted molar refractivity (Wildman–Crippen MR) is 54.9 cm³/mol. The molecule has 2 heterocycles. The van der Waals surface area contributed by atoms with Crippen molar-refractivity contribution in [1.29, 1.82) is 0 Å². The Kier molecular flexibility index (Phi) is 3.14. The molecule has 0 saturated carbocycles. The summed E-state index contributed by atoms with van der Waals surface area (Å²) < 4.78 is 1.90. The number of likely N-dealkylation sites (tertiary alicyclic amines) is 1. The van der Waals surface area contributed by atoms with Gasteiger partial charge in [0.05, 0.1) is 12.7 Å². The molecule has 0 atom stereocenters. The highest BCUT2D eigenvalue weighted by atomic mass is 15.4. The van der Waals surface area contributed by atoms with Crippen LogP contribution in [0.1, 0.15) is 19.8 Å². The third-order valence-electron chi connectivity index (χ3n) is 2.99. The summed E-state index contributed by atoms with van der Waals surface area (Å²) in [5.74, 6) is 0.914. The van der Waals surface area contributed by atoms with Gasteiger partial charge in [-0.2, -0.15) is 0 Å². The maximum atomic E-state index is 3.96. The molecule has 1 saturated heterocycles. The Labute approximate surface area is 84.9 Å². The molecule has 0 N–H and O–H groups in total. The number of hydrogen-bond acceptors (Lipinski definition) is 3. The first kappa shape index (κ1) is 9.65. The standard InChI is InChI=1S/C10H18N4/c1-10-2-5-13(6-3-10)8-9-14-7-4-11-12-14/h4,7,10H,2-3,5-6,8-9H2,1H3. The van der Waals surface area contributed by atoms with Gasteiger partial charge in [-0.05, 0) is 31.8 Å². The van der Waals surface area contributed by atoms with Crippen LogP contribution in [0.2, 0.25) is 0 Å². The van der Waals surface area contributed by atoms with Gasteiger partial charge in [0.2, 0.25) is 0 Å². The van der Waals surface area contributed by atoms with Gasteiger partial charge in [-0.25, -0.2) is 0 Å². The van der Waals surface area contributed by atoms with Gasteiger partial charge >= 0.3 is 0 Å². The number of piperidine rings is 1. The molecule has 0 amide bonds. The van der Waals surface area contributed by atoms with Crippen LogP contribution in [0.25, 0.3) is 0 Å². The molecule has 1 aromatic heterocycles. The quantitative estimate of drug-likeness (QED) is 0.720. The summed E-state index contributed by atoms with van der Waals surface area (Å²) in [4.78, 5) is 2.52. The molecule has 1 aliphatic heterocycles. The lowest BCUT2D eigenvalue weighted by molar-refractivity contribution is 0.184. The fourth-order valence-corrected chi connectivity index (χ4v) is 1.88. The normalized spacial score (nSPS) is 20.1. The highest BCUT2D eigenvalue weighted by Gasteiger charge is 2.14. The molecule has 1 aliphatic rings. The number of aromatic nitrogens is 3. The summed E-state index contributed by atoms with van der Waals surface area (Å²) in [5, 5.41) is 7.75. The Morgan fingerprint density at radius 3 is 2.71 bits per heavy atom. The first-order chi connectivity index (χ1) is 6.84. The second kappa shape index (κ2) is 4.55. The third kappa shape index (κ3) is 2.54. The van der Waals surface area contributed by atoms with Gasteiger partial charge in [0.1, 0.15) is 0 Å². The fraction of sp³-hybridized carbons (Fsp3) is 0.800. The molecule has 1 aromatic rings. The van der Waals surface area contributed by atoms with Gasteiger partial charge in [-0.1, -0.05) is 12.1 Å². The van der Waals surface area contributed by atoms with Crippen LogP contribution in [-0.4, -0.2) is 39.5 Å². The lowest BCUT2D eigenvalue weighted by Gasteiger charge is -2.29. The molecular formula is C10H18N4. The monoisotopic (exact) mass is 194 g/mol. The van der Waals surface area contributed by atoms with E-state index in [1.807, 2.05) is 10.9 Å². The van der Waals surface area contributed by atoms with E-state index < -0.39 is 0 Å². The van der Waals surface area contributed by atoms with Crippen molar-refractivity contribution in [3.8, 4) is 0 Å². The van der Waals surface area contributed by atoms with Crippen LogP contribution < -0.4 is 0 Å². The second-order valence-electron chi connectivity index (χ2n) is 4.19. The molecule has 0 radical (unpaired) electrons. The number of rotatable bonds is 3. The molecular weight excluding hydrogens is 176 g/mol. The van der Waals surface area contributed by atoms with E-state index in [0.29, 0.717) is 0 Å². The molecule has 4 nitrogen and oxygen atoms in total. The Hall–Kier alpha value is -0.900. The van der Waals surface area contributed by atoms with Crippen LogP contribution in [0.4, 0.5) is 0 Å². The van der Waals surface area contributed by atoms with Crippen LogP contribution in [0.5, 0.6) is 0 Å². The topological polar surface area (TPSA) is 34.0 Å². The van der Waals surface area contributed by atoms with E-state index in [1.165, 1.54) is 25.9 Å². The van der Waals surface area contributed by atoms with Crippen LogP contribution in [-0.2, 0) is 6.54 Å². The molecule has 0 aliphatic carbocycles. The lowest BCUT2D eigenvalue weighted by atomic mass is 9.99. The number of nitrogens with zero attached hydrogens (tertiary/aromatic N) is 4. The van der Waals surface area contributed by atoms with Crippen molar-refractivity contribution in [2.75, 3.05) is 19.6 Å². The van der Waals surface area contributed by atoms with E-state index in [0.717, 1.165) is 19.0 Å². The van der Waals surface area contributed by atoms with Crippen LogP contribution in [0, 0.1) is 5.92 Å². The first-order valence-electron chi connectivity index (χ1n) is 5.41. The molecule has 0 unspecified atom stereocenters. The minimum atomic E-state index is 0.914. The van der Waals surface area contributed by atoms with Gasteiger partial charge < -0.3 is 4.90 Å². The summed E-state index contributed by atoms with van der Waals surface area (Å²) in [6.07, 6.45) is 6.35. The lowest BCUT2D eigenvalue weighted by Crippen LogP contribution is -2.35. The summed E-state index contributed by atoms with van der Waals surface area (Å²) in [6, 6.07) is 0. The molecule has 4 heteroatoms. The van der Waals surface area contributed by atoms with E-state index in [1.54, 1.807) is 6.20 Å². The highest BCUT2D eigenvalue weighted by molar-refractivity contribution is 4.70. The predicted octanol–water partition coefficient (Wildman–Crippen LogP) is 1.01. The van der Waals surface area contributed by atoms with E-state index >= 15 is 0 Å². The Bertz CT molecular complexity index is 249. The second-order valence-corrected chi connectivity index (χ2v) is 4.19. The van der Waals surface area contributed by atoms with Gasteiger partial charge in [0.25, 0.3) is 0 Å². The van der Waals surface area contributed by atoms with Gasteiger partial charge in [-0.3, -0.25) is 4.68 Å². The van der Waals surface area contributed by atoms with Crippen molar-refractivity contribution in [3.05, 3.63) is 12.4 Å². The van der Waals surface area contributed by atoms with Crippen molar-refractivity contribution in [3.63, 3.8) is 0 Å². The molecule has 1 fully saturated rings. The maximum Gasteiger partial charge on any atom is 0.0692 e. The van der Waals surface area contributed by atoms with E-state index in [2.05, 4.69) is 22.1 Å². The van der Waals surface area contributed by atoms with Gasteiger partial charge in [-0.15, -0.1) is 5.10 Å². The van der Waals surface area contributed by atoms with E-state index in [9.17, 15) is 0 Å². The summed E-state index contributed by atoms with van der Waals surface area (Å²) >= 11 is 0. The number of hydrogen-bond donors (Lipinski definition) is 0. The maximum absolute atomic E-state index is 3.96. The zero-order chi connectivity index (χ0) is 9.80. The SMILES string of the molecule is CC1CCN(CCn2ccnn2)CC1. The molecule has 14 heavy (non-hydrogen) atoms. The molecule has 0 aromatic carbocycles. The molecule has 0 spiro atoms. The van der Waals surface area contributed by atoms with Crippen LogP contribution in [0.3, 0.4) is 0 Å². The van der Waals surface area contributed by atoms with Crippen molar-refractivity contribution >= 4 is 0 Å². The van der Waals surface area contributed by atoms with Crippen molar-refractivity contribution < 1.29 is 0 Å². The third-order valence-corrected chi connectivity index (χ3v) is 2.99. The minimum Gasteiger partial charge on any atom is -0.301 e. The molecule has 2 rings (SSSR count). The van der Waals surface area contributed by atoms with Gasteiger partial charge in [0, 0.05) is 12.7 Å². The van der Waals surface area contributed by atoms with Gasteiger partial charge in [0.15, 0.2) is 0 Å². The van der Waals surface area contributed by atoms with Crippen molar-refractivity contribution in [1.82, 2.24) is 19.9 Å². The van der Waals surface area contributed by atoms with Crippen molar-refractivity contribution in [2.24, 2.45) is 5.92 Å². The average molecular weight is 194 g/mol. The molecule has 78 valence electrons. The Morgan fingerprint density at radius 1 is 1.29 bits per heavy atom. The highest BCUT2D eigenvalue weighted by Crippen LogP contribution is 2.15. The Morgan fingerprint density at radius 2 is 2.07 bits per heavy atom.